The van der Waals surface area contributed by atoms with Crippen molar-refractivity contribution in [2.45, 2.75) is 26.2 Å². The number of benzene rings is 2. The maximum Gasteiger partial charge on any atom is 0.416 e. The Labute approximate surface area is 177 Å². The van der Waals surface area contributed by atoms with E-state index in [1.54, 1.807) is 13.8 Å². The molecule has 0 aliphatic heterocycles. The summed E-state index contributed by atoms with van der Waals surface area (Å²) in [6.07, 6.45) is -9.04. The Morgan fingerprint density at radius 1 is 0.781 bits per heavy atom. The number of anilines is 2. The number of aromatic nitrogens is 4. The average Bonchev–Trinajstić information content (AvgIpc) is 3.03. The van der Waals surface area contributed by atoms with Crippen molar-refractivity contribution in [2.24, 2.45) is 0 Å². The lowest BCUT2D eigenvalue weighted by molar-refractivity contribution is -0.138. The number of imidazole rings is 1. The third kappa shape index (κ3) is 4.10. The Bertz CT molecular complexity index is 1310. The van der Waals surface area contributed by atoms with Crippen LogP contribution < -0.4 is 5.32 Å². The molecule has 0 amide bonds. The van der Waals surface area contributed by atoms with Gasteiger partial charge in [0, 0.05) is 11.4 Å². The second-order valence-corrected chi connectivity index (χ2v) is 7.05. The predicted octanol–water partition coefficient (Wildman–Crippen LogP) is 6.21. The minimum absolute atomic E-state index is 0.0116. The van der Waals surface area contributed by atoms with Crippen LogP contribution in [0.5, 0.6) is 0 Å². The van der Waals surface area contributed by atoms with Crippen LogP contribution in [0.15, 0.2) is 48.5 Å². The standard InChI is InChI=1S/C21H15F6N5/c1-11-17-18(31-19(28-11)30-15-7-3-5-13(9-15)20(22,23)24)32(12(2)29-17)16-8-4-6-14(10-16)21(25,26)27/h3-10H,1-2H3,(H,28,30,31). The molecule has 0 atom stereocenters. The second kappa shape index (κ2) is 7.50. The molecule has 0 unspecified atom stereocenters. The second-order valence-electron chi connectivity index (χ2n) is 7.05. The highest BCUT2D eigenvalue weighted by atomic mass is 19.4. The highest BCUT2D eigenvalue weighted by Gasteiger charge is 2.31. The number of aryl methyl sites for hydroxylation is 2. The molecule has 2 heterocycles. The number of nitrogens with zero attached hydrogens (tertiary/aromatic N) is 4. The predicted molar refractivity (Wildman–Crippen MR) is 106 cm³/mol. The van der Waals surface area contributed by atoms with E-state index in [0.717, 1.165) is 24.3 Å². The molecule has 4 rings (SSSR count). The lowest BCUT2D eigenvalue weighted by Gasteiger charge is -2.12. The Hall–Kier alpha value is -3.63. The van der Waals surface area contributed by atoms with Crippen molar-refractivity contribution in [3.05, 3.63) is 71.2 Å². The first-order valence-corrected chi connectivity index (χ1v) is 9.29. The Morgan fingerprint density at radius 2 is 1.41 bits per heavy atom. The van der Waals surface area contributed by atoms with Gasteiger partial charge in [-0.25, -0.2) is 9.97 Å². The molecule has 0 spiro atoms. The molecular formula is C21H15F6N5. The van der Waals surface area contributed by atoms with Crippen molar-refractivity contribution in [3.63, 3.8) is 0 Å². The van der Waals surface area contributed by atoms with Crippen LogP contribution in [-0.2, 0) is 12.4 Å². The molecule has 166 valence electrons. The molecule has 5 nitrogen and oxygen atoms in total. The van der Waals surface area contributed by atoms with E-state index in [-0.39, 0.29) is 23.0 Å². The van der Waals surface area contributed by atoms with E-state index in [1.165, 1.54) is 28.8 Å². The molecule has 2 aromatic carbocycles. The van der Waals surface area contributed by atoms with Crippen molar-refractivity contribution in [1.82, 2.24) is 19.5 Å². The summed E-state index contributed by atoms with van der Waals surface area (Å²) in [4.78, 5) is 12.9. The molecule has 4 aromatic rings. The number of halogens is 6. The fourth-order valence-corrected chi connectivity index (χ4v) is 3.29. The first-order chi connectivity index (χ1) is 14.9. The molecule has 0 aliphatic carbocycles. The normalized spacial score (nSPS) is 12.4. The van der Waals surface area contributed by atoms with Crippen LogP contribution in [0, 0.1) is 13.8 Å². The van der Waals surface area contributed by atoms with Crippen molar-refractivity contribution in [3.8, 4) is 5.69 Å². The molecule has 0 saturated heterocycles. The molecule has 0 aliphatic rings. The van der Waals surface area contributed by atoms with E-state index in [4.69, 9.17) is 0 Å². The number of fused-ring (bicyclic) bond motifs is 1. The number of alkyl halides is 6. The largest absolute Gasteiger partial charge is 0.416 e. The van der Waals surface area contributed by atoms with Gasteiger partial charge in [-0.05, 0) is 50.2 Å². The maximum atomic E-state index is 13.2. The van der Waals surface area contributed by atoms with Crippen LogP contribution in [-0.4, -0.2) is 19.5 Å². The summed E-state index contributed by atoms with van der Waals surface area (Å²) in [5.74, 6) is 0.371. The zero-order valence-electron chi connectivity index (χ0n) is 16.7. The van der Waals surface area contributed by atoms with Crippen LogP contribution in [0.4, 0.5) is 38.0 Å². The summed E-state index contributed by atoms with van der Waals surface area (Å²) in [6, 6.07) is 9.22. The summed E-state index contributed by atoms with van der Waals surface area (Å²) < 4.78 is 79.9. The van der Waals surface area contributed by atoms with Gasteiger partial charge in [-0.15, -0.1) is 0 Å². The fourth-order valence-electron chi connectivity index (χ4n) is 3.29. The fraction of sp³-hybridized carbons (Fsp3) is 0.190. The van der Waals surface area contributed by atoms with Gasteiger partial charge in [0.25, 0.3) is 0 Å². The van der Waals surface area contributed by atoms with Crippen LogP contribution in [0.1, 0.15) is 22.6 Å². The lowest BCUT2D eigenvalue weighted by atomic mass is 10.2. The van der Waals surface area contributed by atoms with E-state index in [1.807, 2.05) is 0 Å². The van der Waals surface area contributed by atoms with Crippen molar-refractivity contribution >= 4 is 22.8 Å². The van der Waals surface area contributed by atoms with E-state index < -0.39 is 23.5 Å². The first-order valence-electron chi connectivity index (χ1n) is 9.29. The number of hydrogen-bond donors (Lipinski definition) is 1. The quantitative estimate of drug-likeness (QED) is 0.376. The highest BCUT2D eigenvalue weighted by Crippen LogP contribution is 2.33. The van der Waals surface area contributed by atoms with E-state index in [2.05, 4.69) is 20.3 Å². The number of hydrogen-bond acceptors (Lipinski definition) is 4. The SMILES string of the molecule is Cc1nc(Nc2cccc(C(F)(F)F)c2)nc2c1nc(C)n2-c1cccc(C(F)(F)F)c1. The molecule has 1 N–H and O–H groups in total. The Balaban J connectivity index is 1.81. The van der Waals surface area contributed by atoms with Crippen molar-refractivity contribution < 1.29 is 26.3 Å². The minimum atomic E-state index is -4.53. The Kier molecular flexibility index (Phi) is 5.06. The van der Waals surface area contributed by atoms with Crippen LogP contribution in [0.25, 0.3) is 16.9 Å². The van der Waals surface area contributed by atoms with E-state index in [0.29, 0.717) is 17.0 Å². The molecule has 0 radical (unpaired) electrons. The molecule has 0 bridgehead atoms. The van der Waals surface area contributed by atoms with E-state index >= 15 is 0 Å². The molecule has 32 heavy (non-hydrogen) atoms. The van der Waals surface area contributed by atoms with Crippen LogP contribution in [0.2, 0.25) is 0 Å². The van der Waals surface area contributed by atoms with Crippen LogP contribution >= 0.6 is 0 Å². The smallest absolute Gasteiger partial charge is 0.324 e. The summed E-state index contributed by atoms with van der Waals surface area (Å²) in [5, 5.41) is 2.73. The zero-order chi connectivity index (χ0) is 23.3. The van der Waals surface area contributed by atoms with E-state index in [9.17, 15) is 26.3 Å². The first kappa shape index (κ1) is 21.6. The van der Waals surface area contributed by atoms with Gasteiger partial charge in [-0.2, -0.15) is 31.3 Å². The zero-order valence-corrected chi connectivity index (χ0v) is 16.7. The topological polar surface area (TPSA) is 55.6 Å². The average molecular weight is 451 g/mol. The van der Waals surface area contributed by atoms with Gasteiger partial charge in [-0.3, -0.25) is 4.57 Å². The summed E-state index contributed by atoms with van der Waals surface area (Å²) in [7, 11) is 0. The van der Waals surface area contributed by atoms with Crippen LogP contribution in [0.3, 0.4) is 0 Å². The highest BCUT2D eigenvalue weighted by molar-refractivity contribution is 5.78. The van der Waals surface area contributed by atoms with Gasteiger partial charge in [-0.1, -0.05) is 12.1 Å². The molecule has 0 fully saturated rings. The van der Waals surface area contributed by atoms with Gasteiger partial charge in [0.05, 0.1) is 16.8 Å². The van der Waals surface area contributed by atoms with Crippen molar-refractivity contribution in [1.29, 1.82) is 0 Å². The molecular weight excluding hydrogens is 436 g/mol. The van der Waals surface area contributed by atoms with Gasteiger partial charge in [0.15, 0.2) is 5.65 Å². The van der Waals surface area contributed by atoms with Gasteiger partial charge >= 0.3 is 12.4 Å². The number of nitrogens with one attached hydrogen (secondary N) is 1. The third-order valence-electron chi connectivity index (χ3n) is 4.73. The summed E-state index contributed by atoms with van der Waals surface area (Å²) >= 11 is 0. The molecule has 2 aromatic heterocycles. The third-order valence-corrected chi connectivity index (χ3v) is 4.73. The molecule has 0 saturated carbocycles. The minimum Gasteiger partial charge on any atom is -0.324 e. The van der Waals surface area contributed by atoms with Gasteiger partial charge in [0.1, 0.15) is 11.3 Å². The van der Waals surface area contributed by atoms with Gasteiger partial charge in [0.2, 0.25) is 5.95 Å². The van der Waals surface area contributed by atoms with Gasteiger partial charge < -0.3 is 5.32 Å². The monoisotopic (exact) mass is 451 g/mol. The number of rotatable bonds is 3. The molecule has 11 heteroatoms. The maximum absolute atomic E-state index is 13.2. The Morgan fingerprint density at radius 3 is 2.06 bits per heavy atom. The summed E-state index contributed by atoms with van der Waals surface area (Å²) in [6.45, 7) is 3.24. The summed E-state index contributed by atoms with van der Waals surface area (Å²) in [5.41, 5.74) is -0.352. The lowest BCUT2D eigenvalue weighted by Crippen LogP contribution is -2.08. The van der Waals surface area contributed by atoms with Crippen molar-refractivity contribution in [2.75, 3.05) is 5.32 Å².